The van der Waals surface area contributed by atoms with Crippen molar-refractivity contribution < 1.29 is 14.3 Å². The molecule has 2 heterocycles. The van der Waals surface area contributed by atoms with Crippen LogP contribution in [0.2, 0.25) is 0 Å². The van der Waals surface area contributed by atoms with E-state index in [4.69, 9.17) is 9.73 Å². The molecule has 7 nitrogen and oxygen atoms in total. The summed E-state index contributed by atoms with van der Waals surface area (Å²) in [4.78, 5) is 36.8. The van der Waals surface area contributed by atoms with Crippen LogP contribution in [-0.2, 0) is 11.3 Å². The van der Waals surface area contributed by atoms with E-state index in [0.717, 1.165) is 38.2 Å². The van der Waals surface area contributed by atoms with Crippen molar-refractivity contribution in [1.29, 1.82) is 0 Å². The Morgan fingerprint density at radius 3 is 2.41 bits per heavy atom. The number of nitrogens with zero attached hydrogens (tertiary/aromatic N) is 3. The predicted octanol–water partition coefficient (Wildman–Crippen LogP) is 7.33. The lowest BCUT2D eigenvalue weighted by molar-refractivity contribution is -0.122. The molecule has 0 aliphatic carbocycles. The molecule has 9 heteroatoms. The molecular weight excluding hydrogens is 553 g/mol. The molecule has 2 aliphatic rings. The lowest BCUT2D eigenvalue weighted by atomic mass is 10.1. The fraction of sp³-hybridized carbons (Fsp3) is 0.219. The van der Waals surface area contributed by atoms with E-state index in [1.54, 1.807) is 42.8 Å². The van der Waals surface area contributed by atoms with Gasteiger partial charge in [0, 0.05) is 24.1 Å². The summed E-state index contributed by atoms with van der Waals surface area (Å²) in [5, 5.41) is 4.78. The van der Waals surface area contributed by atoms with Gasteiger partial charge in [0.2, 0.25) is 0 Å². The number of ether oxygens (including phenoxy) is 1. The first-order valence-electron chi connectivity index (χ1n) is 13.3. The molecule has 210 valence electrons. The van der Waals surface area contributed by atoms with Crippen molar-refractivity contribution in [2.45, 2.75) is 27.3 Å². The van der Waals surface area contributed by atoms with Crippen LogP contribution in [0.5, 0.6) is 5.75 Å². The molecule has 0 saturated carbocycles. The molecule has 1 amide bonds. The van der Waals surface area contributed by atoms with E-state index in [2.05, 4.69) is 17.1 Å². The maximum absolute atomic E-state index is 14.1. The topological polar surface area (TPSA) is 74.2 Å². The molecule has 3 aromatic carbocycles. The summed E-state index contributed by atoms with van der Waals surface area (Å²) in [6.07, 6.45) is 0. The minimum absolute atomic E-state index is 0.0369. The Morgan fingerprint density at radius 1 is 1.02 bits per heavy atom. The van der Waals surface area contributed by atoms with Gasteiger partial charge in [0.1, 0.15) is 10.7 Å². The number of amidine groups is 1. The van der Waals surface area contributed by atoms with Gasteiger partial charge in [-0.05, 0) is 86.1 Å². The standard InChI is InChI=1S/C32H32N4O3S2/c1-6-33-26-17-14-24(20(2)37)18-27(26)34-32-36(19-22-10-8-7-9-11-22)30(38)29(41-32)31-35(4)28(21(3)40-31)23-12-15-25(39-5)16-13-23/h7-18,33H,6,19H2,1-5H3. The monoisotopic (exact) mass is 584 g/mol. The van der Waals surface area contributed by atoms with Gasteiger partial charge in [0.25, 0.3) is 5.91 Å². The second-order valence-electron chi connectivity index (χ2n) is 9.62. The van der Waals surface area contributed by atoms with E-state index < -0.39 is 0 Å². The lowest BCUT2D eigenvalue weighted by Gasteiger charge is -2.19. The Morgan fingerprint density at radius 2 is 1.76 bits per heavy atom. The number of rotatable bonds is 8. The smallest absolute Gasteiger partial charge is 0.269 e. The van der Waals surface area contributed by atoms with Gasteiger partial charge in [-0.2, -0.15) is 0 Å². The molecule has 5 rings (SSSR count). The highest BCUT2D eigenvalue weighted by atomic mass is 32.2. The van der Waals surface area contributed by atoms with Gasteiger partial charge in [0.05, 0.1) is 35.8 Å². The molecule has 1 N–H and O–H groups in total. The second kappa shape index (κ2) is 12.3. The number of thioether (sulfide) groups is 2. The van der Waals surface area contributed by atoms with Crippen LogP contribution in [0.1, 0.15) is 42.3 Å². The molecule has 1 fully saturated rings. The fourth-order valence-corrected chi connectivity index (χ4v) is 7.06. The summed E-state index contributed by atoms with van der Waals surface area (Å²) < 4.78 is 5.33. The Labute approximate surface area is 249 Å². The van der Waals surface area contributed by atoms with Crippen molar-refractivity contribution in [3.05, 3.63) is 104 Å². The number of amides is 1. The Kier molecular flexibility index (Phi) is 8.56. The third-order valence-corrected chi connectivity index (χ3v) is 9.18. The van der Waals surface area contributed by atoms with Gasteiger partial charge >= 0.3 is 0 Å². The normalized spacial score (nSPS) is 18.1. The largest absolute Gasteiger partial charge is 0.497 e. The summed E-state index contributed by atoms with van der Waals surface area (Å²) >= 11 is 2.97. The van der Waals surface area contributed by atoms with Crippen LogP contribution in [0.25, 0.3) is 5.70 Å². The zero-order valence-electron chi connectivity index (χ0n) is 23.7. The molecule has 1 saturated heterocycles. The average Bonchev–Trinajstić information content (AvgIpc) is 3.44. The zero-order valence-corrected chi connectivity index (χ0v) is 25.4. The molecule has 41 heavy (non-hydrogen) atoms. The molecular formula is C32H32N4O3S2. The highest BCUT2D eigenvalue weighted by molar-refractivity contribution is 8.19. The number of carbonyl (C=O) groups excluding carboxylic acids is 2. The number of ketones is 1. The van der Waals surface area contributed by atoms with E-state index in [1.807, 2.05) is 74.6 Å². The molecule has 0 radical (unpaired) electrons. The number of carbonyl (C=O) groups is 2. The number of nitrogens with one attached hydrogen (secondary N) is 1. The van der Waals surface area contributed by atoms with E-state index in [9.17, 15) is 9.59 Å². The summed E-state index contributed by atoms with van der Waals surface area (Å²) in [7, 11) is 3.65. The van der Waals surface area contributed by atoms with Gasteiger partial charge in [-0.15, -0.1) is 0 Å². The average molecular weight is 585 g/mol. The summed E-state index contributed by atoms with van der Waals surface area (Å²) in [6.45, 7) is 6.71. The first kappa shape index (κ1) is 28.6. The molecule has 2 aliphatic heterocycles. The molecule has 3 aromatic rings. The van der Waals surface area contributed by atoms with Crippen molar-refractivity contribution in [2.75, 3.05) is 26.0 Å². The third kappa shape index (κ3) is 5.92. The summed E-state index contributed by atoms with van der Waals surface area (Å²) in [5.74, 6) is 0.664. The van der Waals surface area contributed by atoms with Gasteiger partial charge < -0.3 is 15.0 Å². The third-order valence-electron chi connectivity index (χ3n) is 6.82. The van der Waals surface area contributed by atoms with Crippen molar-refractivity contribution in [1.82, 2.24) is 9.80 Å². The molecule has 0 unspecified atom stereocenters. The number of benzene rings is 3. The van der Waals surface area contributed by atoms with Gasteiger partial charge in [0.15, 0.2) is 11.0 Å². The molecule has 0 spiro atoms. The van der Waals surface area contributed by atoms with Crippen molar-refractivity contribution in [2.24, 2.45) is 4.99 Å². The summed E-state index contributed by atoms with van der Waals surface area (Å²) in [6, 6.07) is 23.3. The van der Waals surface area contributed by atoms with Crippen LogP contribution in [0.3, 0.4) is 0 Å². The van der Waals surface area contributed by atoms with Gasteiger partial charge in [-0.25, -0.2) is 4.99 Å². The Bertz CT molecular complexity index is 1580. The van der Waals surface area contributed by atoms with Crippen LogP contribution in [0.15, 0.2) is 92.6 Å². The van der Waals surface area contributed by atoms with Crippen LogP contribution >= 0.6 is 23.5 Å². The van der Waals surface area contributed by atoms with Gasteiger partial charge in [-0.3, -0.25) is 14.5 Å². The number of hydrogen-bond donors (Lipinski definition) is 1. The SMILES string of the molecule is CCNc1ccc(C(C)=O)cc1N=C1SC(=C2SC(C)=C(c3ccc(OC)cc3)N2C)C(=O)N1Cc1ccccc1. The molecule has 0 aromatic heterocycles. The van der Waals surface area contributed by atoms with E-state index in [1.165, 1.54) is 11.8 Å². The number of hydrogen-bond acceptors (Lipinski definition) is 8. The van der Waals surface area contributed by atoms with E-state index in [-0.39, 0.29) is 11.7 Å². The number of anilines is 1. The van der Waals surface area contributed by atoms with Crippen LogP contribution in [0, 0.1) is 0 Å². The molecule has 0 atom stereocenters. The molecule has 0 bridgehead atoms. The fourth-order valence-electron chi connectivity index (χ4n) is 4.75. The minimum atomic E-state index is -0.0940. The maximum Gasteiger partial charge on any atom is 0.269 e. The van der Waals surface area contributed by atoms with Crippen LogP contribution in [0.4, 0.5) is 11.4 Å². The number of allylic oxidation sites excluding steroid dienone is 1. The van der Waals surface area contributed by atoms with E-state index >= 15 is 0 Å². The highest BCUT2D eigenvalue weighted by Crippen LogP contribution is 2.50. The van der Waals surface area contributed by atoms with E-state index in [0.29, 0.717) is 34.4 Å². The van der Waals surface area contributed by atoms with Crippen molar-refractivity contribution in [3.8, 4) is 5.75 Å². The minimum Gasteiger partial charge on any atom is -0.497 e. The lowest BCUT2D eigenvalue weighted by Crippen LogP contribution is -2.29. The quantitative estimate of drug-likeness (QED) is 0.220. The highest BCUT2D eigenvalue weighted by Gasteiger charge is 2.39. The van der Waals surface area contributed by atoms with Crippen molar-refractivity contribution >= 4 is 57.5 Å². The number of methoxy groups -OCH3 is 1. The Hall–Kier alpha value is -3.95. The van der Waals surface area contributed by atoms with Crippen LogP contribution in [-0.4, -0.2) is 47.4 Å². The first-order valence-corrected chi connectivity index (χ1v) is 15.0. The predicted molar refractivity (Wildman–Crippen MR) is 170 cm³/mol. The van der Waals surface area contributed by atoms with Gasteiger partial charge in [-0.1, -0.05) is 42.1 Å². The Balaban J connectivity index is 1.57. The zero-order chi connectivity index (χ0) is 29.1. The first-order chi connectivity index (χ1) is 19.8. The maximum atomic E-state index is 14.1. The summed E-state index contributed by atoms with van der Waals surface area (Å²) in [5.41, 5.74) is 5.12. The number of aliphatic imine (C=N–C) groups is 1. The number of Topliss-reactive ketones (excluding diaryl/α,β-unsaturated/α-hetero) is 1. The van der Waals surface area contributed by atoms with Crippen LogP contribution < -0.4 is 10.1 Å². The second-order valence-corrected chi connectivity index (χ2v) is 11.8. The van der Waals surface area contributed by atoms with Crippen molar-refractivity contribution in [3.63, 3.8) is 0 Å².